The number of hydrogen-bond donors (Lipinski definition) is 1. The predicted molar refractivity (Wildman–Crippen MR) is 89.5 cm³/mol. The molecule has 3 rings (SSSR count). The molecule has 0 radical (unpaired) electrons. The number of fused-ring (bicyclic) bond motifs is 1. The van der Waals surface area contributed by atoms with Crippen LogP contribution in [0.1, 0.15) is 23.2 Å². The van der Waals surface area contributed by atoms with Crippen molar-refractivity contribution >= 4 is 33.2 Å². The maximum absolute atomic E-state index is 12.4. The molecule has 0 aliphatic heterocycles. The van der Waals surface area contributed by atoms with Crippen LogP contribution in [0.5, 0.6) is 0 Å². The van der Waals surface area contributed by atoms with E-state index in [0.717, 1.165) is 43.7 Å². The molecule has 0 amide bonds. The molecule has 0 atom stereocenters. The van der Waals surface area contributed by atoms with Crippen molar-refractivity contribution in [1.82, 2.24) is 9.97 Å². The first-order valence-corrected chi connectivity index (χ1v) is 7.99. The zero-order valence-electron chi connectivity index (χ0n) is 12.1. The van der Waals surface area contributed by atoms with Gasteiger partial charge in [0.2, 0.25) is 0 Å². The summed E-state index contributed by atoms with van der Waals surface area (Å²) in [5.41, 5.74) is 2.91. The fourth-order valence-corrected chi connectivity index (χ4v) is 3.66. The van der Waals surface area contributed by atoms with E-state index in [0.29, 0.717) is 5.39 Å². The summed E-state index contributed by atoms with van der Waals surface area (Å²) in [6.07, 6.45) is 0.720. The van der Waals surface area contributed by atoms with Gasteiger partial charge in [-0.3, -0.25) is 4.79 Å². The Labute approximate surface area is 131 Å². The van der Waals surface area contributed by atoms with Gasteiger partial charge in [-0.25, -0.2) is 4.98 Å². The molecule has 0 unspecified atom stereocenters. The number of rotatable bonds is 2. The van der Waals surface area contributed by atoms with Crippen LogP contribution in [0.4, 0.5) is 0 Å². The van der Waals surface area contributed by atoms with Crippen molar-refractivity contribution in [1.29, 1.82) is 0 Å². The lowest BCUT2D eigenvalue weighted by atomic mass is 10.0. The molecule has 3 aromatic rings. The van der Waals surface area contributed by atoms with Crippen LogP contribution < -0.4 is 5.56 Å². The van der Waals surface area contributed by atoms with Crippen molar-refractivity contribution in [2.24, 2.45) is 0 Å². The zero-order chi connectivity index (χ0) is 15.1. The van der Waals surface area contributed by atoms with Crippen LogP contribution in [0.15, 0.2) is 23.0 Å². The Hall–Kier alpha value is -1.65. The Balaban J connectivity index is 2.34. The molecule has 0 saturated heterocycles. The van der Waals surface area contributed by atoms with Crippen molar-refractivity contribution in [2.45, 2.75) is 27.2 Å². The number of nitrogens with one attached hydrogen (secondary N) is 1. The molecule has 1 aromatic carbocycles. The second kappa shape index (κ2) is 5.28. The van der Waals surface area contributed by atoms with E-state index >= 15 is 0 Å². The Morgan fingerprint density at radius 2 is 2.10 bits per heavy atom. The summed E-state index contributed by atoms with van der Waals surface area (Å²) in [5.74, 6) is 0.729. The Bertz CT molecular complexity index is 895. The minimum absolute atomic E-state index is 0.0659. The van der Waals surface area contributed by atoms with Crippen LogP contribution in [0.3, 0.4) is 0 Å². The second-order valence-corrected chi connectivity index (χ2v) is 6.65. The molecule has 0 fully saturated rings. The number of benzene rings is 1. The summed E-state index contributed by atoms with van der Waals surface area (Å²) >= 11 is 7.66. The Morgan fingerprint density at radius 3 is 2.76 bits per heavy atom. The lowest BCUT2D eigenvalue weighted by Gasteiger charge is -2.05. The number of thiophene rings is 1. The van der Waals surface area contributed by atoms with Crippen LogP contribution >= 0.6 is 22.9 Å². The van der Waals surface area contributed by atoms with Gasteiger partial charge >= 0.3 is 0 Å². The highest BCUT2D eigenvalue weighted by molar-refractivity contribution is 7.19. The number of hydrogen-bond acceptors (Lipinski definition) is 3. The number of H-pyrrole nitrogens is 1. The number of aromatic amines is 1. The molecule has 0 aliphatic rings. The van der Waals surface area contributed by atoms with E-state index in [1.807, 2.05) is 39.0 Å². The van der Waals surface area contributed by atoms with Gasteiger partial charge in [-0.05, 0) is 37.1 Å². The van der Waals surface area contributed by atoms with Crippen LogP contribution in [0.25, 0.3) is 21.3 Å². The van der Waals surface area contributed by atoms with Crippen molar-refractivity contribution in [3.63, 3.8) is 0 Å². The number of nitrogens with zero attached hydrogens (tertiary/aromatic N) is 1. The molecule has 0 aliphatic carbocycles. The van der Waals surface area contributed by atoms with E-state index in [9.17, 15) is 4.79 Å². The first kappa shape index (κ1) is 14.3. The average molecular weight is 319 g/mol. The minimum atomic E-state index is -0.0659. The third-order valence-electron chi connectivity index (χ3n) is 3.57. The van der Waals surface area contributed by atoms with Crippen LogP contribution in [0.2, 0.25) is 5.02 Å². The SMILES string of the molecule is CCc1nc2sc(C)c(-c3ccc(Cl)c(C)c3)c2c(=O)[nH]1. The maximum Gasteiger partial charge on any atom is 0.260 e. The molecule has 21 heavy (non-hydrogen) atoms. The third-order valence-corrected chi connectivity index (χ3v) is 4.99. The quantitative estimate of drug-likeness (QED) is 0.757. The van der Waals surface area contributed by atoms with Crippen molar-refractivity contribution < 1.29 is 0 Å². The molecule has 2 aromatic heterocycles. The van der Waals surface area contributed by atoms with Gasteiger partial charge in [0.15, 0.2) is 0 Å². The average Bonchev–Trinajstić information content (AvgIpc) is 2.78. The van der Waals surface area contributed by atoms with Gasteiger partial charge in [0.05, 0.1) is 5.39 Å². The minimum Gasteiger partial charge on any atom is -0.310 e. The molecule has 0 spiro atoms. The molecule has 5 heteroatoms. The lowest BCUT2D eigenvalue weighted by Crippen LogP contribution is -2.10. The van der Waals surface area contributed by atoms with Crippen LogP contribution in [-0.2, 0) is 6.42 Å². The largest absolute Gasteiger partial charge is 0.310 e. The molecule has 2 heterocycles. The standard InChI is InChI=1S/C16H15ClN2OS/c1-4-12-18-15(20)14-13(9(3)21-16(14)19-12)10-5-6-11(17)8(2)7-10/h5-7H,4H2,1-3H3,(H,18,19,20). The molecule has 108 valence electrons. The predicted octanol–water partition coefficient (Wildman–Crippen LogP) is 4.48. The van der Waals surface area contributed by atoms with Crippen molar-refractivity contribution in [3.8, 4) is 11.1 Å². The maximum atomic E-state index is 12.4. The van der Waals surface area contributed by atoms with E-state index in [4.69, 9.17) is 11.6 Å². The topological polar surface area (TPSA) is 45.8 Å². The number of halogens is 1. The van der Waals surface area contributed by atoms with Gasteiger partial charge in [-0.2, -0.15) is 0 Å². The van der Waals surface area contributed by atoms with Gasteiger partial charge in [0.1, 0.15) is 10.7 Å². The normalized spacial score (nSPS) is 11.2. The molecule has 0 bridgehead atoms. The molecular formula is C16H15ClN2OS. The smallest absolute Gasteiger partial charge is 0.260 e. The van der Waals surface area contributed by atoms with Gasteiger partial charge in [0, 0.05) is 21.9 Å². The number of aryl methyl sites for hydroxylation is 3. The van der Waals surface area contributed by atoms with E-state index < -0.39 is 0 Å². The van der Waals surface area contributed by atoms with E-state index in [2.05, 4.69) is 9.97 Å². The third kappa shape index (κ3) is 2.39. The fraction of sp³-hybridized carbons (Fsp3) is 0.250. The van der Waals surface area contributed by atoms with Gasteiger partial charge in [-0.1, -0.05) is 24.6 Å². The Morgan fingerprint density at radius 1 is 1.33 bits per heavy atom. The van der Waals surface area contributed by atoms with Crippen LogP contribution in [0, 0.1) is 13.8 Å². The molecule has 0 saturated carbocycles. The Kier molecular flexibility index (Phi) is 3.59. The fourth-order valence-electron chi connectivity index (χ4n) is 2.48. The first-order chi connectivity index (χ1) is 10.0. The van der Waals surface area contributed by atoms with Gasteiger partial charge < -0.3 is 4.98 Å². The monoisotopic (exact) mass is 318 g/mol. The van der Waals surface area contributed by atoms with Crippen molar-refractivity contribution in [3.05, 3.63) is 49.8 Å². The zero-order valence-corrected chi connectivity index (χ0v) is 13.7. The second-order valence-electron chi connectivity index (χ2n) is 5.04. The highest BCUT2D eigenvalue weighted by Gasteiger charge is 2.16. The summed E-state index contributed by atoms with van der Waals surface area (Å²) in [5, 5.41) is 1.41. The highest BCUT2D eigenvalue weighted by atomic mass is 35.5. The summed E-state index contributed by atoms with van der Waals surface area (Å²) in [7, 11) is 0. The number of aromatic nitrogens is 2. The highest BCUT2D eigenvalue weighted by Crippen LogP contribution is 2.36. The van der Waals surface area contributed by atoms with E-state index in [1.165, 1.54) is 0 Å². The van der Waals surface area contributed by atoms with Crippen LogP contribution in [-0.4, -0.2) is 9.97 Å². The summed E-state index contributed by atoms with van der Waals surface area (Å²) in [6.45, 7) is 5.97. The lowest BCUT2D eigenvalue weighted by molar-refractivity contribution is 0.948. The molecule has 1 N–H and O–H groups in total. The molecule has 3 nitrogen and oxygen atoms in total. The summed E-state index contributed by atoms with van der Waals surface area (Å²) in [4.78, 5) is 21.7. The van der Waals surface area contributed by atoms with E-state index in [-0.39, 0.29) is 5.56 Å². The summed E-state index contributed by atoms with van der Waals surface area (Å²) in [6, 6.07) is 5.85. The molecular weight excluding hydrogens is 304 g/mol. The van der Waals surface area contributed by atoms with Gasteiger partial charge in [-0.15, -0.1) is 11.3 Å². The summed E-state index contributed by atoms with van der Waals surface area (Å²) < 4.78 is 0. The van der Waals surface area contributed by atoms with Crippen molar-refractivity contribution in [2.75, 3.05) is 0 Å². The van der Waals surface area contributed by atoms with E-state index in [1.54, 1.807) is 11.3 Å². The first-order valence-electron chi connectivity index (χ1n) is 6.80. The van der Waals surface area contributed by atoms with Gasteiger partial charge in [0.25, 0.3) is 5.56 Å².